The first-order chi connectivity index (χ1) is 9.24. The third kappa shape index (κ3) is 2.32. The summed E-state index contributed by atoms with van der Waals surface area (Å²) in [4.78, 5) is 0. The lowest BCUT2D eigenvalue weighted by atomic mass is 9.60. The van der Waals surface area contributed by atoms with Gasteiger partial charge in [-0.1, -0.05) is 18.0 Å². The van der Waals surface area contributed by atoms with Gasteiger partial charge < -0.3 is 14.6 Å². The summed E-state index contributed by atoms with van der Waals surface area (Å²) >= 11 is 0. The van der Waals surface area contributed by atoms with Gasteiger partial charge in [0.2, 0.25) is 0 Å². The van der Waals surface area contributed by atoms with Crippen LogP contribution in [0.2, 0.25) is 0 Å². The van der Waals surface area contributed by atoms with Crippen LogP contribution < -0.4 is 5.32 Å². The maximum atomic E-state index is 5.93. The highest BCUT2D eigenvalue weighted by molar-refractivity contribution is 5.11. The van der Waals surface area contributed by atoms with E-state index < -0.39 is 0 Å². The molecule has 2 atom stereocenters. The minimum absolute atomic E-state index is 0.398. The van der Waals surface area contributed by atoms with Crippen molar-refractivity contribution in [3.8, 4) is 0 Å². The third-order valence-electron chi connectivity index (χ3n) is 4.89. The fraction of sp³-hybridized carbons (Fsp3) is 0.800. The SMILES string of the molecule is CCOC1CC(NCc2cc(C)on2)C12CCCC2. The number of hydrogen-bond acceptors (Lipinski definition) is 4. The molecule has 2 aliphatic carbocycles. The summed E-state index contributed by atoms with van der Waals surface area (Å²) in [6, 6.07) is 2.59. The maximum absolute atomic E-state index is 5.93. The molecule has 1 heterocycles. The highest BCUT2D eigenvalue weighted by Gasteiger charge is 2.56. The lowest BCUT2D eigenvalue weighted by molar-refractivity contribution is -0.130. The number of aryl methyl sites for hydroxylation is 1. The molecule has 2 aliphatic rings. The molecule has 4 heteroatoms. The summed E-state index contributed by atoms with van der Waals surface area (Å²) in [6.45, 7) is 5.68. The van der Waals surface area contributed by atoms with Crippen LogP contribution in [0, 0.1) is 12.3 Å². The second-order valence-electron chi connectivity index (χ2n) is 5.98. The largest absolute Gasteiger partial charge is 0.378 e. The molecule has 3 rings (SSSR count). The Labute approximate surface area is 114 Å². The zero-order valence-corrected chi connectivity index (χ0v) is 11.9. The van der Waals surface area contributed by atoms with Crippen LogP contribution in [0.3, 0.4) is 0 Å². The molecule has 2 fully saturated rings. The number of nitrogens with zero attached hydrogens (tertiary/aromatic N) is 1. The van der Waals surface area contributed by atoms with Gasteiger partial charge in [-0.15, -0.1) is 0 Å². The zero-order chi connectivity index (χ0) is 13.3. The average molecular weight is 264 g/mol. The molecule has 2 saturated carbocycles. The van der Waals surface area contributed by atoms with Gasteiger partial charge in [0.05, 0.1) is 11.8 Å². The fourth-order valence-electron chi connectivity index (χ4n) is 3.90. The molecule has 1 N–H and O–H groups in total. The van der Waals surface area contributed by atoms with Gasteiger partial charge in [-0.05, 0) is 33.1 Å². The quantitative estimate of drug-likeness (QED) is 0.888. The first-order valence-electron chi connectivity index (χ1n) is 7.52. The Kier molecular flexibility index (Phi) is 3.63. The molecule has 4 nitrogen and oxygen atoms in total. The maximum Gasteiger partial charge on any atom is 0.133 e. The van der Waals surface area contributed by atoms with Crippen LogP contribution in [0.4, 0.5) is 0 Å². The van der Waals surface area contributed by atoms with Crippen molar-refractivity contribution in [3.05, 3.63) is 17.5 Å². The summed E-state index contributed by atoms with van der Waals surface area (Å²) in [6.07, 6.45) is 6.94. The van der Waals surface area contributed by atoms with Crippen molar-refractivity contribution < 1.29 is 9.26 Å². The minimum Gasteiger partial charge on any atom is -0.378 e. The van der Waals surface area contributed by atoms with Gasteiger partial charge in [-0.2, -0.15) is 0 Å². The van der Waals surface area contributed by atoms with Crippen LogP contribution in [0.15, 0.2) is 10.6 Å². The topological polar surface area (TPSA) is 47.3 Å². The molecule has 0 aromatic carbocycles. The van der Waals surface area contributed by atoms with E-state index >= 15 is 0 Å². The molecule has 0 aliphatic heterocycles. The molecular formula is C15H24N2O2. The Bertz CT molecular complexity index is 424. The molecule has 0 amide bonds. The van der Waals surface area contributed by atoms with Gasteiger partial charge in [-0.25, -0.2) is 0 Å². The number of hydrogen-bond donors (Lipinski definition) is 1. The molecule has 1 spiro atoms. The van der Waals surface area contributed by atoms with E-state index in [2.05, 4.69) is 17.4 Å². The van der Waals surface area contributed by atoms with Gasteiger partial charge >= 0.3 is 0 Å². The Hall–Kier alpha value is -0.870. The van der Waals surface area contributed by atoms with E-state index in [1.165, 1.54) is 25.7 Å². The summed E-state index contributed by atoms with van der Waals surface area (Å²) < 4.78 is 11.0. The van der Waals surface area contributed by atoms with E-state index in [9.17, 15) is 0 Å². The Balaban J connectivity index is 1.59. The Morgan fingerprint density at radius 3 is 2.89 bits per heavy atom. The second-order valence-corrected chi connectivity index (χ2v) is 5.98. The molecule has 0 radical (unpaired) electrons. The number of nitrogens with one attached hydrogen (secondary N) is 1. The van der Waals surface area contributed by atoms with Crippen molar-refractivity contribution in [2.24, 2.45) is 5.41 Å². The van der Waals surface area contributed by atoms with E-state index in [4.69, 9.17) is 9.26 Å². The van der Waals surface area contributed by atoms with E-state index in [1.807, 2.05) is 13.0 Å². The standard InChI is InChI=1S/C15H24N2O2/c1-3-18-14-9-13(15(14)6-4-5-7-15)16-10-12-8-11(2)19-17-12/h8,13-14,16H,3-7,9-10H2,1-2H3. The van der Waals surface area contributed by atoms with Gasteiger partial charge in [0.25, 0.3) is 0 Å². The van der Waals surface area contributed by atoms with Crippen molar-refractivity contribution in [1.82, 2.24) is 10.5 Å². The van der Waals surface area contributed by atoms with Gasteiger partial charge in [0.15, 0.2) is 0 Å². The monoisotopic (exact) mass is 264 g/mol. The first kappa shape index (κ1) is 13.1. The molecular weight excluding hydrogens is 240 g/mol. The minimum atomic E-state index is 0.398. The predicted octanol–water partition coefficient (Wildman–Crippen LogP) is 2.81. The number of aromatic nitrogens is 1. The van der Waals surface area contributed by atoms with Crippen LogP contribution >= 0.6 is 0 Å². The molecule has 0 bridgehead atoms. The number of ether oxygens (including phenoxy) is 1. The second kappa shape index (κ2) is 5.25. The van der Waals surface area contributed by atoms with Gasteiger partial charge in [-0.3, -0.25) is 0 Å². The highest BCUT2D eigenvalue weighted by atomic mass is 16.5. The van der Waals surface area contributed by atoms with E-state index in [0.29, 0.717) is 17.6 Å². The number of rotatable bonds is 5. The van der Waals surface area contributed by atoms with E-state index in [-0.39, 0.29) is 0 Å². The van der Waals surface area contributed by atoms with Crippen molar-refractivity contribution in [3.63, 3.8) is 0 Å². The summed E-state index contributed by atoms with van der Waals surface area (Å²) in [5.41, 5.74) is 1.40. The zero-order valence-electron chi connectivity index (χ0n) is 11.9. The molecule has 2 unspecified atom stereocenters. The molecule has 0 saturated heterocycles. The van der Waals surface area contributed by atoms with E-state index in [1.54, 1.807) is 0 Å². The fourth-order valence-corrected chi connectivity index (χ4v) is 3.90. The third-order valence-corrected chi connectivity index (χ3v) is 4.89. The molecule has 19 heavy (non-hydrogen) atoms. The smallest absolute Gasteiger partial charge is 0.133 e. The first-order valence-corrected chi connectivity index (χ1v) is 7.52. The van der Waals surface area contributed by atoms with Crippen molar-refractivity contribution in [2.45, 2.75) is 64.6 Å². The summed E-state index contributed by atoms with van der Waals surface area (Å²) in [5.74, 6) is 0.883. The summed E-state index contributed by atoms with van der Waals surface area (Å²) in [7, 11) is 0. The summed E-state index contributed by atoms with van der Waals surface area (Å²) in [5, 5.41) is 7.72. The van der Waals surface area contributed by atoms with Crippen LogP contribution in [0.1, 0.15) is 50.5 Å². The van der Waals surface area contributed by atoms with Crippen LogP contribution in [-0.2, 0) is 11.3 Å². The van der Waals surface area contributed by atoms with E-state index in [0.717, 1.165) is 31.0 Å². The lowest BCUT2D eigenvalue weighted by Crippen LogP contribution is -2.62. The van der Waals surface area contributed by atoms with Crippen LogP contribution in [0.25, 0.3) is 0 Å². The van der Waals surface area contributed by atoms with Crippen molar-refractivity contribution >= 4 is 0 Å². The Morgan fingerprint density at radius 2 is 2.26 bits per heavy atom. The predicted molar refractivity (Wildman–Crippen MR) is 72.8 cm³/mol. The molecule has 106 valence electrons. The van der Waals surface area contributed by atoms with Crippen molar-refractivity contribution in [2.75, 3.05) is 6.61 Å². The van der Waals surface area contributed by atoms with Gasteiger partial charge in [0, 0.05) is 30.7 Å². The molecule has 1 aromatic rings. The van der Waals surface area contributed by atoms with Crippen LogP contribution in [-0.4, -0.2) is 23.9 Å². The highest BCUT2D eigenvalue weighted by Crippen LogP contribution is 2.54. The van der Waals surface area contributed by atoms with Crippen LogP contribution in [0.5, 0.6) is 0 Å². The van der Waals surface area contributed by atoms with Gasteiger partial charge in [0.1, 0.15) is 5.76 Å². The lowest BCUT2D eigenvalue weighted by Gasteiger charge is -2.54. The average Bonchev–Trinajstić information content (AvgIpc) is 3.03. The van der Waals surface area contributed by atoms with Crippen molar-refractivity contribution in [1.29, 1.82) is 0 Å². The normalized spacial score (nSPS) is 28.7. The molecule has 1 aromatic heterocycles. The Morgan fingerprint density at radius 1 is 1.47 bits per heavy atom.